The summed E-state index contributed by atoms with van der Waals surface area (Å²) in [5.41, 5.74) is 1.78. The van der Waals surface area contributed by atoms with Gasteiger partial charge in [0, 0.05) is 15.7 Å². The van der Waals surface area contributed by atoms with Crippen molar-refractivity contribution < 1.29 is 0 Å². The molecule has 0 fully saturated rings. The Hall–Kier alpha value is -2.20. The molecule has 5 nitrogen and oxygen atoms in total. The first kappa shape index (κ1) is 17.6. The molecule has 1 N–H and O–H groups in total. The molecule has 8 heteroatoms. The van der Waals surface area contributed by atoms with Crippen LogP contribution in [0.3, 0.4) is 0 Å². The topological polar surface area (TPSA) is 66.5 Å². The third-order valence-corrected chi connectivity index (χ3v) is 4.61. The van der Waals surface area contributed by atoms with Crippen LogP contribution < -0.4 is 5.32 Å². The summed E-state index contributed by atoms with van der Waals surface area (Å²) in [7, 11) is 0. The Morgan fingerprint density at radius 1 is 1.08 bits per heavy atom. The fraction of sp³-hybridized carbons (Fsp3) is 0.118. The lowest BCUT2D eigenvalue weighted by Gasteiger charge is -2.11. The zero-order valence-electron chi connectivity index (χ0n) is 13.0. The molecule has 0 radical (unpaired) electrons. The summed E-state index contributed by atoms with van der Waals surface area (Å²) in [5, 5.41) is 22.6. The fourth-order valence-electron chi connectivity index (χ4n) is 2.23. The Kier molecular flexibility index (Phi) is 5.82. The van der Waals surface area contributed by atoms with Crippen LogP contribution in [0.15, 0.2) is 53.7 Å². The van der Waals surface area contributed by atoms with Gasteiger partial charge in [0.05, 0.1) is 24.1 Å². The van der Waals surface area contributed by atoms with Gasteiger partial charge in [0.15, 0.2) is 11.0 Å². The summed E-state index contributed by atoms with van der Waals surface area (Å²) in [6.45, 7) is 0.467. The third kappa shape index (κ3) is 4.45. The molecule has 0 atom stereocenters. The van der Waals surface area contributed by atoms with E-state index in [1.54, 1.807) is 0 Å². The van der Waals surface area contributed by atoms with Gasteiger partial charge in [-0.05, 0) is 42.5 Å². The first-order valence-electron chi connectivity index (χ1n) is 7.37. The highest BCUT2D eigenvalue weighted by Crippen LogP contribution is 2.24. The number of nitrogens with one attached hydrogen (secondary N) is 1. The minimum Gasteiger partial charge on any atom is -0.378 e. The first-order valence-corrected chi connectivity index (χ1v) is 9.11. The van der Waals surface area contributed by atoms with Crippen LogP contribution in [-0.4, -0.2) is 20.5 Å². The van der Waals surface area contributed by atoms with E-state index in [0.29, 0.717) is 27.5 Å². The van der Waals surface area contributed by atoms with Crippen LogP contribution in [0, 0.1) is 11.3 Å². The zero-order chi connectivity index (χ0) is 17.6. The van der Waals surface area contributed by atoms with E-state index in [1.807, 2.05) is 53.1 Å². The fourth-order valence-corrected chi connectivity index (χ4v) is 3.17. The van der Waals surface area contributed by atoms with Crippen molar-refractivity contribution in [3.63, 3.8) is 0 Å². The van der Waals surface area contributed by atoms with E-state index >= 15 is 0 Å². The van der Waals surface area contributed by atoms with Crippen molar-refractivity contribution in [3.05, 3.63) is 64.4 Å². The lowest BCUT2D eigenvalue weighted by molar-refractivity contribution is 0.842. The van der Waals surface area contributed by atoms with Crippen molar-refractivity contribution in [2.24, 2.45) is 0 Å². The number of nitrogens with zero attached hydrogens (tertiary/aromatic N) is 4. The summed E-state index contributed by atoms with van der Waals surface area (Å²) in [6, 6.07) is 17.0. The molecule has 0 bridgehead atoms. The van der Waals surface area contributed by atoms with Crippen molar-refractivity contribution in [1.29, 1.82) is 5.26 Å². The average Bonchev–Trinajstić information content (AvgIpc) is 3.02. The molecule has 3 rings (SSSR count). The number of halogens is 2. The molecule has 0 saturated carbocycles. The van der Waals surface area contributed by atoms with Crippen LogP contribution in [-0.2, 0) is 6.54 Å². The maximum Gasteiger partial charge on any atom is 0.196 e. The summed E-state index contributed by atoms with van der Waals surface area (Å²) in [4.78, 5) is 0. The van der Waals surface area contributed by atoms with Gasteiger partial charge < -0.3 is 5.32 Å². The Bertz CT molecular complexity index is 902. The summed E-state index contributed by atoms with van der Waals surface area (Å²) < 4.78 is 1.90. The van der Waals surface area contributed by atoms with Crippen LogP contribution >= 0.6 is 35.0 Å². The number of anilines is 1. The molecule has 0 saturated heterocycles. The average molecular weight is 390 g/mol. The molecular weight excluding hydrogens is 377 g/mol. The largest absolute Gasteiger partial charge is 0.378 e. The normalized spacial score (nSPS) is 10.4. The van der Waals surface area contributed by atoms with Gasteiger partial charge in [-0.2, -0.15) is 5.26 Å². The summed E-state index contributed by atoms with van der Waals surface area (Å²) in [5.74, 6) is 1.02. The van der Waals surface area contributed by atoms with Gasteiger partial charge in [0.2, 0.25) is 0 Å². The Balaban J connectivity index is 1.89. The highest BCUT2D eigenvalue weighted by molar-refractivity contribution is 7.99. The molecular formula is C17H13Cl2N5S. The number of hydrogen-bond donors (Lipinski definition) is 1. The first-order chi connectivity index (χ1) is 12.2. The molecule has 0 aliphatic rings. The van der Waals surface area contributed by atoms with E-state index in [4.69, 9.17) is 28.5 Å². The van der Waals surface area contributed by atoms with Gasteiger partial charge in [-0.25, -0.2) is 0 Å². The third-order valence-electron chi connectivity index (χ3n) is 3.33. The lowest BCUT2D eigenvalue weighted by Crippen LogP contribution is -2.08. The molecule has 0 unspecified atom stereocenters. The van der Waals surface area contributed by atoms with Gasteiger partial charge in [0.25, 0.3) is 0 Å². The van der Waals surface area contributed by atoms with Gasteiger partial charge in [0.1, 0.15) is 0 Å². The van der Waals surface area contributed by atoms with E-state index in [1.165, 1.54) is 11.8 Å². The van der Waals surface area contributed by atoms with Gasteiger partial charge in [-0.1, -0.05) is 41.0 Å². The Morgan fingerprint density at radius 3 is 2.60 bits per heavy atom. The van der Waals surface area contributed by atoms with Crippen LogP contribution in [0.1, 0.15) is 5.82 Å². The number of benzene rings is 2. The number of hydrogen-bond acceptors (Lipinski definition) is 5. The van der Waals surface area contributed by atoms with Crippen LogP contribution in [0.4, 0.5) is 5.69 Å². The second kappa shape index (κ2) is 8.26. The molecule has 0 aliphatic carbocycles. The van der Waals surface area contributed by atoms with Gasteiger partial charge in [-0.3, -0.25) is 4.57 Å². The van der Waals surface area contributed by atoms with Crippen LogP contribution in [0.5, 0.6) is 0 Å². The van der Waals surface area contributed by atoms with Crippen molar-refractivity contribution in [2.75, 3.05) is 11.1 Å². The molecule has 126 valence electrons. The predicted octanol–water partition coefficient (Wildman–Crippen LogP) is 4.80. The standard InChI is InChI=1S/C17H13Cl2N5S/c18-12-4-6-14(7-5-12)21-11-16-22-23-17(25-9-8-20)24(16)15-3-1-2-13(19)10-15/h1-7,10,21H,9,11H2. The number of thioether (sulfide) groups is 1. The Morgan fingerprint density at radius 2 is 1.88 bits per heavy atom. The lowest BCUT2D eigenvalue weighted by atomic mass is 10.3. The number of nitriles is 1. The van der Waals surface area contributed by atoms with E-state index in [-0.39, 0.29) is 0 Å². The number of aromatic nitrogens is 3. The molecule has 25 heavy (non-hydrogen) atoms. The van der Waals surface area contributed by atoms with E-state index in [9.17, 15) is 0 Å². The maximum atomic E-state index is 8.84. The minimum atomic E-state index is 0.295. The highest BCUT2D eigenvalue weighted by atomic mass is 35.5. The quantitative estimate of drug-likeness (QED) is 0.613. The molecule has 2 aromatic carbocycles. The van der Waals surface area contributed by atoms with E-state index in [0.717, 1.165) is 17.2 Å². The van der Waals surface area contributed by atoms with Crippen molar-refractivity contribution in [1.82, 2.24) is 14.8 Å². The maximum absolute atomic E-state index is 8.84. The summed E-state index contributed by atoms with van der Waals surface area (Å²) in [6.07, 6.45) is 0. The van der Waals surface area contributed by atoms with Crippen LogP contribution in [0.25, 0.3) is 5.69 Å². The molecule has 1 aromatic heterocycles. The van der Waals surface area contributed by atoms with Gasteiger partial charge in [-0.15, -0.1) is 10.2 Å². The predicted molar refractivity (Wildman–Crippen MR) is 101 cm³/mol. The molecule has 0 aliphatic heterocycles. The monoisotopic (exact) mass is 389 g/mol. The van der Waals surface area contributed by atoms with E-state index in [2.05, 4.69) is 21.6 Å². The van der Waals surface area contributed by atoms with E-state index < -0.39 is 0 Å². The summed E-state index contributed by atoms with van der Waals surface area (Å²) >= 11 is 13.4. The SMILES string of the molecule is N#CCSc1nnc(CNc2ccc(Cl)cc2)n1-c1cccc(Cl)c1. The van der Waals surface area contributed by atoms with Crippen molar-refractivity contribution >= 4 is 40.7 Å². The van der Waals surface area contributed by atoms with Gasteiger partial charge >= 0.3 is 0 Å². The second-order valence-electron chi connectivity index (χ2n) is 5.02. The molecule has 3 aromatic rings. The van der Waals surface area contributed by atoms with Crippen molar-refractivity contribution in [2.45, 2.75) is 11.7 Å². The molecule has 0 spiro atoms. The van der Waals surface area contributed by atoms with Crippen molar-refractivity contribution in [3.8, 4) is 11.8 Å². The number of rotatable bonds is 6. The molecule has 1 heterocycles. The second-order valence-corrected chi connectivity index (χ2v) is 6.84. The smallest absolute Gasteiger partial charge is 0.196 e. The Labute approximate surface area is 159 Å². The minimum absolute atomic E-state index is 0.295. The highest BCUT2D eigenvalue weighted by Gasteiger charge is 2.14. The molecule has 0 amide bonds. The zero-order valence-corrected chi connectivity index (χ0v) is 15.3. The van der Waals surface area contributed by atoms with Crippen LogP contribution in [0.2, 0.25) is 10.0 Å².